The molecule has 0 aliphatic rings. The summed E-state index contributed by atoms with van der Waals surface area (Å²) in [6.45, 7) is -2.10. The maximum absolute atomic E-state index is 12.0. The van der Waals surface area contributed by atoms with Gasteiger partial charge in [0.2, 0.25) is 35.4 Å². The van der Waals surface area contributed by atoms with Gasteiger partial charge < -0.3 is 41.2 Å². The van der Waals surface area contributed by atoms with Crippen LogP contribution in [0, 0.1) is 0 Å². The van der Waals surface area contributed by atoms with E-state index < -0.39 is 42.0 Å². The number of likely N-dealkylation sites (N-methyl/N-ethyl adjacent to an activating group) is 3. The Bertz CT molecular complexity index is 698. The van der Waals surface area contributed by atoms with Crippen molar-refractivity contribution in [1.29, 1.82) is 0 Å². The molecular formula is C17H29N7O7. The van der Waals surface area contributed by atoms with Crippen molar-refractivity contribution < 1.29 is 33.6 Å². The van der Waals surface area contributed by atoms with Gasteiger partial charge in [0.25, 0.3) is 0 Å². The van der Waals surface area contributed by atoms with Crippen molar-refractivity contribution in [2.75, 3.05) is 67.0 Å². The van der Waals surface area contributed by atoms with E-state index in [4.69, 9.17) is 5.73 Å². The minimum atomic E-state index is -0.623. The highest BCUT2D eigenvalue weighted by atomic mass is 16.2. The van der Waals surface area contributed by atoms with Gasteiger partial charge in [-0.2, -0.15) is 0 Å². The lowest BCUT2D eigenvalue weighted by atomic mass is 10.4. The smallest absolute Gasteiger partial charge is 0.242 e. The molecule has 174 valence electrons. The van der Waals surface area contributed by atoms with Crippen LogP contribution in [0.3, 0.4) is 0 Å². The first kappa shape index (κ1) is 27.5. The SMILES string of the molecule is CN(CC(=O)NCC(=O)N(C)CC(=O)NCC(=O)N(C)CC(=O)NCC=O)C(=O)CN. The van der Waals surface area contributed by atoms with Crippen molar-refractivity contribution in [1.82, 2.24) is 30.7 Å². The molecule has 14 heteroatoms. The molecule has 0 aliphatic carbocycles. The first-order chi connectivity index (χ1) is 14.5. The lowest BCUT2D eigenvalue weighted by Gasteiger charge is -2.19. The molecule has 0 fully saturated rings. The predicted molar refractivity (Wildman–Crippen MR) is 107 cm³/mol. The molecule has 0 atom stereocenters. The van der Waals surface area contributed by atoms with Gasteiger partial charge in [-0.25, -0.2) is 0 Å². The fraction of sp³-hybridized carbons (Fsp3) is 0.588. The average molecular weight is 443 g/mol. The van der Waals surface area contributed by atoms with E-state index in [2.05, 4.69) is 16.0 Å². The van der Waals surface area contributed by atoms with E-state index in [9.17, 15) is 33.6 Å². The van der Waals surface area contributed by atoms with Crippen LogP contribution in [-0.4, -0.2) is 123 Å². The van der Waals surface area contributed by atoms with E-state index in [-0.39, 0.29) is 39.3 Å². The van der Waals surface area contributed by atoms with Gasteiger partial charge >= 0.3 is 0 Å². The number of carbonyl (C=O) groups excluding carboxylic acids is 7. The largest absolute Gasteiger partial charge is 0.348 e. The number of nitrogens with two attached hydrogens (primary N) is 1. The third-order valence-corrected chi connectivity index (χ3v) is 3.85. The van der Waals surface area contributed by atoms with E-state index in [1.807, 2.05) is 0 Å². The summed E-state index contributed by atoms with van der Waals surface area (Å²) in [6.07, 6.45) is 0.504. The summed E-state index contributed by atoms with van der Waals surface area (Å²) in [5.41, 5.74) is 5.18. The Morgan fingerprint density at radius 2 is 1.03 bits per heavy atom. The van der Waals surface area contributed by atoms with Gasteiger partial charge in [-0.1, -0.05) is 0 Å². The zero-order chi connectivity index (χ0) is 24.0. The van der Waals surface area contributed by atoms with Crippen molar-refractivity contribution in [3.05, 3.63) is 0 Å². The number of nitrogens with one attached hydrogen (secondary N) is 3. The highest BCUT2D eigenvalue weighted by Crippen LogP contribution is 1.88. The summed E-state index contributed by atoms with van der Waals surface area (Å²) in [5.74, 6) is -3.26. The topological polar surface area (TPSA) is 191 Å². The first-order valence-corrected chi connectivity index (χ1v) is 9.17. The second-order valence-electron chi connectivity index (χ2n) is 6.48. The number of nitrogens with zero attached hydrogens (tertiary/aromatic N) is 3. The molecule has 6 amide bonds. The Balaban J connectivity index is 4.26. The lowest BCUT2D eigenvalue weighted by Crippen LogP contribution is -2.47. The molecule has 0 aromatic rings. The fourth-order valence-electron chi connectivity index (χ4n) is 2.01. The summed E-state index contributed by atoms with van der Waals surface area (Å²) in [5, 5.41) is 6.92. The zero-order valence-electron chi connectivity index (χ0n) is 17.8. The summed E-state index contributed by atoms with van der Waals surface area (Å²) >= 11 is 0. The van der Waals surface area contributed by atoms with Gasteiger partial charge in [0, 0.05) is 21.1 Å². The average Bonchev–Trinajstić information content (AvgIpc) is 2.73. The van der Waals surface area contributed by atoms with E-state index in [0.717, 1.165) is 14.7 Å². The number of amides is 6. The van der Waals surface area contributed by atoms with E-state index >= 15 is 0 Å². The van der Waals surface area contributed by atoms with Crippen LogP contribution in [0.4, 0.5) is 0 Å². The highest BCUT2D eigenvalue weighted by molar-refractivity contribution is 5.92. The summed E-state index contributed by atoms with van der Waals surface area (Å²) in [7, 11) is 4.08. The molecule has 0 aliphatic heterocycles. The Kier molecular flexibility index (Phi) is 12.8. The van der Waals surface area contributed by atoms with Gasteiger partial charge in [0.05, 0.1) is 45.8 Å². The number of carbonyl (C=O) groups is 7. The molecule has 0 bridgehead atoms. The molecule has 0 spiro atoms. The molecule has 0 heterocycles. The second kappa shape index (κ2) is 14.4. The number of rotatable bonds is 13. The standard InChI is InChI=1S/C17H29N7O7/c1-22(15(29)6-18)10-13(27)20-8-17(31)24(3)11-14(28)21-7-16(30)23(2)9-12(26)19-4-5-25/h5H,4,6-11,18H2,1-3H3,(H,19,26)(H,20,27)(H,21,28). The van der Waals surface area contributed by atoms with Crippen LogP contribution >= 0.6 is 0 Å². The van der Waals surface area contributed by atoms with Crippen LogP contribution in [0.2, 0.25) is 0 Å². The van der Waals surface area contributed by atoms with E-state index in [0.29, 0.717) is 6.29 Å². The maximum atomic E-state index is 12.0. The van der Waals surface area contributed by atoms with Gasteiger partial charge in [-0.05, 0) is 0 Å². The van der Waals surface area contributed by atoms with Crippen LogP contribution in [-0.2, 0) is 33.6 Å². The van der Waals surface area contributed by atoms with Gasteiger partial charge in [-0.15, -0.1) is 0 Å². The molecule has 14 nitrogen and oxygen atoms in total. The molecular weight excluding hydrogens is 414 g/mol. The molecule has 0 saturated heterocycles. The maximum Gasteiger partial charge on any atom is 0.242 e. The first-order valence-electron chi connectivity index (χ1n) is 9.17. The van der Waals surface area contributed by atoms with Crippen LogP contribution < -0.4 is 21.7 Å². The Morgan fingerprint density at radius 1 is 0.677 bits per heavy atom. The Morgan fingerprint density at radius 3 is 1.39 bits per heavy atom. The molecule has 0 aromatic carbocycles. The molecule has 0 saturated carbocycles. The monoisotopic (exact) mass is 443 g/mol. The number of hydrogen-bond acceptors (Lipinski definition) is 8. The van der Waals surface area contributed by atoms with Crippen molar-refractivity contribution in [3.8, 4) is 0 Å². The van der Waals surface area contributed by atoms with Crippen molar-refractivity contribution in [3.63, 3.8) is 0 Å². The van der Waals surface area contributed by atoms with Crippen LogP contribution in [0.5, 0.6) is 0 Å². The van der Waals surface area contributed by atoms with Gasteiger partial charge in [0.15, 0.2) is 0 Å². The number of aldehydes is 1. The summed E-state index contributed by atoms with van der Waals surface area (Å²) in [4.78, 5) is 83.7. The molecule has 0 unspecified atom stereocenters. The van der Waals surface area contributed by atoms with E-state index in [1.54, 1.807) is 0 Å². The van der Waals surface area contributed by atoms with Gasteiger partial charge in [-0.3, -0.25) is 28.8 Å². The zero-order valence-corrected chi connectivity index (χ0v) is 17.8. The molecule has 0 rings (SSSR count). The van der Waals surface area contributed by atoms with Gasteiger partial charge in [0.1, 0.15) is 6.29 Å². The third kappa shape index (κ3) is 11.9. The molecule has 5 N–H and O–H groups in total. The van der Waals surface area contributed by atoms with E-state index in [1.165, 1.54) is 21.1 Å². The predicted octanol–water partition coefficient (Wildman–Crippen LogP) is -5.13. The Hall–Kier alpha value is -3.55. The van der Waals surface area contributed by atoms with Crippen molar-refractivity contribution in [2.45, 2.75) is 0 Å². The number of hydrogen-bond donors (Lipinski definition) is 4. The molecule has 0 aromatic heterocycles. The highest BCUT2D eigenvalue weighted by Gasteiger charge is 2.17. The quantitative estimate of drug-likeness (QED) is 0.203. The fourth-order valence-corrected chi connectivity index (χ4v) is 2.01. The minimum absolute atomic E-state index is 0.166. The third-order valence-electron chi connectivity index (χ3n) is 3.85. The van der Waals surface area contributed by atoms with Crippen LogP contribution in [0.15, 0.2) is 0 Å². The Labute approximate surface area is 179 Å². The van der Waals surface area contributed by atoms with Crippen molar-refractivity contribution >= 4 is 41.7 Å². The van der Waals surface area contributed by atoms with Crippen LogP contribution in [0.1, 0.15) is 0 Å². The minimum Gasteiger partial charge on any atom is -0.348 e. The summed E-state index contributed by atoms with van der Waals surface area (Å²) < 4.78 is 0. The lowest BCUT2D eigenvalue weighted by molar-refractivity contribution is -0.137. The second-order valence-corrected chi connectivity index (χ2v) is 6.48. The normalized spacial score (nSPS) is 9.81. The molecule has 0 radical (unpaired) electrons. The van der Waals surface area contributed by atoms with Crippen LogP contribution in [0.25, 0.3) is 0 Å². The summed E-state index contributed by atoms with van der Waals surface area (Å²) in [6, 6.07) is 0. The van der Waals surface area contributed by atoms with Crippen molar-refractivity contribution in [2.24, 2.45) is 5.73 Å². The molecule has 31 heavy (non-hydrogen) atoms.